The highest BCUT2D eigenvalue weighted by Gasteiger charge is 2.31. The molecule has 1 rings (SSSR count). The fourth-order valence-corrected chi connectivity index (χ4v) is 0.773. The van der Waals surface area contributed by atoms with Crippen molar-refractivity contribution in [3.05, 3.63) is 29.8 Å². The van der Waals surface area contributed by atoms with Gasteiger partial charge in [-0.3, -0.25) is 0 Å². The summed E-state index contributed by atoms with van der Waals surface area (Å²) in [6.45, 7) is 8.00. The lowest BCUT2D eigenvalue weighted by molar-refractivity contribution is -0.274. The molecule has 0 fully saturated rings. The number of rotatable bonds is 1. The van der Waals surface area contributed by atoms with Gasteiger partial charge in [-0.2, -0.15) is 5.26 Å². The first-order valence-electron chi connectivity index (χ1n) is 5.28. The second kappa shape index (κ2) is 9.52. The first kappa shape index (κ1) is 17.7. The van der Waals surface area contributed by atoms with E-state index in [9.17, 15) is 13.2 Å². The number of halogens is 3. The van der Waals surface area contributed by atoms with Gasteiger partial charge in [0.05, 0.1) is 5.56 Å². The van der Waals surface area contributed by atoms with Crippen molar-refractivity contribution < 1.29 is 17.9 Å². The zero-order chi connectivity index (χ0) is 13.9. The van der Waals surface area contributed by atoms with Gasteiger partial charge in [0.2, 0.25) is 0 Å². The molecule has 0 saturated heterocycles. The molecule has 0 bridgehead atoms. The summed E-state index contributed by atoms with van der Waals surface area (Å²) in [5, 5.41) is 8.42. The van der Waals surface area contributed by atoms with Crippen molar-refractivity contribution >= 4 is 0 Å². The van der Waals surface area contributed by atoms with Gasteiger partial charge in [0.25, 0.3) is 0 Å². The van der Waals surface area contributed by atoms with Gasteiger partial charge >= 0.3 is 6.36 Å². The quantitative estimate of drug-likeness (QED) is 0.731. The van der Waals surface area contributed by atoms with Crippen LogP contribution in [0.1, 0.15) is 33.3 Å². The molecule has 0 radical (unpaired) electrons. The Labute approximate surface area is 99.6 Å². The van der Waals surface area contributed by atoms with E-state index in [1.54, 1.807) is 6.07 Å². The number of alkyl halides is 3. The van der Waals surface area contributed by atoms with Crippen LogP contribution in [0.25, 0.3) is 0 Å². The Bertz CT molecular complexity index is 342. The third-order valence-electron chi connectivity index (χ3n) is 1.23. The van der Waals surface area contributed by atoms with Gasteiger partial charge in [0.15, 0.2) is 0 Å². The maximum Gasteiger partial charge on any atom is 0.573 e. The lowest BCUT2D eigenvalue weighted by atomic mass is 10.2. The minimum absolute atomic E-state index is 0.139. The van der Waals surface area contributed by atoms with Gasteiger partial charge in [-0.25, -0.2) is 0 Å². The van der Waals surface area contributed by atoms with Crippen LogP contribution in [0.2, 0.25) is 0 Å². The molecule has 0 atom stereocenters. The number of hydrogen-bond acceptors (Lipinski definition) is 2. The molecule has 5 heteroatoms. The summed E-state index contributed by atoms with van der Waals surface area (Å²) in [6.07, 6.45) is -4.76. The standard InChI is InChI=1S/C8H4F3NO.2C2H6/c9-8(10,11)13-7-4-2-1-3-6(7)5-12;2*1-2/h1-4H;2*1-2H3. The average molecular weight is 247 g/mol. The van der Waals surface area contributed by atoms with E-state index in [2.05, 4.69) is 4.74 Å². The van der Waals surface area contributed by atoms with Crippen LogP contribution in [0.15, 0.2) is 24.3 Å². The minimum atomic E-state index is -4.76. The predicted molar refractivity (Wildman–Crippen MR) is 60.5 cm³/mol. The van der Waals surface area contributed by atoms with Crippen LogP contribution < -0.4 is 4.74 Å². The Kier molecular flexibility index (Phi) is 9.91. The molecule has 0 N–H and O–H groups in total. The third kappa shape index (κ3) is 8.14. The molecule has 0 unspecified atom stereocenters. The first-order chi connectivity index (χ1) is 8.03. The topological polar surface area (TPSA) is 33.0 Å². The van der Waals surface area contributed by atoms with E-state index in [4.69, 9.17) is 5.26 Å². The predicted octanol–water partition coefficient (Wildman–Crippen LogP) is 4.51. The van der Waals surface area contributed by atoms with Crippen LogP contribution in [-0.2, 0) is 0 Å². The largest absolute Gasteiger partial charge is 0.573 e. The highest BCUT2D eigenvalue weighted by atomic mass is 19.4. The van der Waals surface area contributed by atoms with Crippen LogP contribution in [0.5, 0.6) is 5.75 Å². The second-order valence-electron chi connectivity index (χ2n) is 2.16. The smallest absolute Gasteiger partial charge is 0.404 e. The molecule has 0 aliphatic rings. The summed E-state index contributed by atoms with van der Waals surface area (Å²) in [7, 11) is 0. The molecule has 0 aliphatic heterocycles. The summed E-state index contributed by atoms with van der Waals surface area (Å²) >= 11 is 0. The van der Waals surface area contributed by atoms with E-state index in [1.807, 2.05) is 27.7 Å². The summed E-state index contributed by atoms with van der Waals surface area (Å²) in [5.41, 5.74) is -0.139. The van der Waals surface area contributed by atoms with Crippen molar-refractivity contribution in [2.45, 2.75) is 34.1 Å². The molecule has 2 nitrogen and oxygen atoms in total. The SMILES string of the molecule is CC.CC.N#Cc1ccccc1OC(F)(F)F. The fourth-order valence-electron chi connectivity index (χ4n) is 0.773. The molecule has 0 spiro atoms. The highest BCUT2D eigenvalue weighted by Crippen LogP contribution is 2.25. The number of hydrogen-bond donors (Lipinski definition) is 0. The van der Waals surface area contributed by atoms with E-state index < -0.39 is 12.1 Å². The van der Waals surface area contributed by atoms with E-state index in [0.29, 0.717) is 0 Å². The van der Waals surface area contributed by atoms with Gasteiger partial charge in [0, 0.05) is 0 Å². The Morgan fingerprint density at radius 1 is 1.06 bits per heavy atom. The van der Waals surface area contributed by atoms with Crippen LogP contribution in [0.4, 0.5) is 13.2 Å². The fraction of sp³-hybridized carbons (Fsp3) is 0.417. The number of ether oxygens (including phenoxy) is 1. The average Bonchev–Trinajstić information content (AvgIpc) is 2.33. The van der Waals surface area contributed by atoms with Crippen molar-refractivity contribution in [2.24, 2.45) is 0 Å². The van der Waals surface area contributed by atoms with Crippen LogP contribution >= 0.6 is 0 Å². The van der Waals surface area contributed by atoms with Gasteiger partial charge in [-0.1, -0.05) is 39.8 Å². The summed E-state index contributed by atoms with van der Waals surface area (Å²) < 4.78 is 38.8. The Morgan fingerprint density at radius 2 is 1.53 bits per heavy atom. The Morgan fingerprint density at radius 3 is 1.94 bits per heavy atom. The van der Waals surface area contributed by atoms with Gasteiger partial charge in [-0.05, 0) is 12.1 Å². The molecule has 96 valence electrons. The molecule has 1 aromatic rings. The first-order valence-corrected chi connectivity index (χ1v) is 5.28. The van der Waals surface area contributed by atoms with Crippen molar-refractivity contribution in [3.63, 3.8) is 0 Å². The maximum absolute atomic E-state index is 11.7. The van der Waals surface area contributed by atoms with Gasteiger partial charge in [0.1, 0.15) is 11.8 Å². The molecule has 0 heterocycles. The van der Waals surface area contributed by atoms with Crippen molar-refractivity contribution in [3.8, 4) is 11.8 Å². The van der Waals surface area contributed by atoms with Crippen LogP contribution in [-0.4, -0.2) is 6.36 Å². The molecular weight excluding hydrogens is 231 g/mol. The second-order valence-corrected chi connectivity index (χ2v) is 2.16. The Balaban J connectivity index is 0. The van der Waals surface area contributed by atoms with Gasteiger partial charge in [-0.15, -0.1) is 13.2 Å². The molecule has 1 aromatic carbocycles. The zero-order valence-corrected chi connectivity index (χ0v) is 10.3. The van der Waals surface area contributed by atoms with E-state index >= 15 is 0 Å². The van der Waals surface area contributed by atoms with E-state index in [0.717, 1.165) is 6.07 Å². The minimum Gasteiger partial charge on any atom is -0.404 e. The molecule has 0 amide bonds. The molecule has 0 aliphatic carbocycles. The normalized spacial score (nSPS) is 8.82. The summed E-state index contributed by atoms with van der Waals surface area (Å²) in [5.74, 6) is -0.475. The number of nitriles is 1. The lowest BCUT2D eigenvalue weighted by Crippen LogP contribution is -2.17. The molecule has 0 saturated carbocycles. The molecule has 17 heavy (non-hydrogen) atoms. The van der Waals surface area contributed by atoms with E-state index in [-0.39, 0.29) is 5.56 Å². The lowest BCUT2D eigenvalue weighted by Gasteiger charge is -2.09. The van der Waals surface area contributed by atoms with Crippen molar-refractivity contribution in [1.29, 1.82) is 5.26 Å². The monoisotopic (exact) mass is 247 g/mol. The zero-order valence-electron chi connectivity index (χ0n) is 10.3. The number of nitrogens with zero attached hydrogens (tertiary/aromatic N) is 1. The number of para-hydroxylation sites is 1. The maximum atomic E-state index is 11.7. The third-order valence-corrected chi connectivity index (χ3v) is 1.23. The van der Waals surface area contributed by atoms with Crippen LogP contribution in [0.3, 0.4) is 0 Å². The van der Waals surface area contributed by atoms with Crippen molar-refractivity contribution in [2.75, 3.05) is 0 Å². The Hall–Kier alpha value is -1.70. The molecule has 0 aromatic heterocycles. The molecular formula is C12H16F3NO. The van der Waals surface area contributed by atoms with Crippen LogP contribution in [0, 0.1) is 11.3 Å². The van der Waals surface area contributed by atoms with Crippen molar-refractivity contribution in [1.82, 2.24) is 0 Å². The highest BCUT2D eigenvalue weighted by molar-refractivity contribution is 5.42. The summed E-state index contributed by atoms with van der Waals surface area (Å²) in [4.78, 5) is 0. The van der Waals surface area contributed by atoms with E-state index in [1.165, 1.54) is 18.2 Å². The van der Waals surface area contributed by atoms with Gasteiger partial charge < -0.3 is 4.74 Å². The number of benzene rings is 1. The summed E-state index contributed by atoms with van der Waals surface area (Å²) in [6, 6.07) is 6.76.